The van der Waals surface area contributed by atoms with Gasteiger partial charge in [-0.3, -0.25) is 0 Å². The van der Waals surface area contributed by atoms with Crippen molar-refractivity contribution in [3.8, 4) is 0 Å². The zero-order chi connectivity index (χ0) is 12.9. The molecule has 17 heavy (non-hydrogen) atoms. The van der Waals surface area contributed by atoms with Crippen LogP contribution in [-0.4, -0.2) is 19.8 Å². The maximum Gasteiger partial charge on any atom is 0.418 e. The number of ether oxygens (including phenoxy) is 1. The Bertz CT molecular complexity index is 352. The number of benzene rings is 1. The van der Waals surface area contributed by atoms with Gasteiger partial charge in [0, 0.05) is 7.11 Å². The van der Waals surface area contributed by atoms with Gasteiger partial charge >= 0.3 is 6.18 Å². The van der Waals surface area contributed by atoms with Crippen LogP contribution in [-0.2, 0) is 11.2 Å². The van der Waals surface area contributed by atoms with Crippen molar-refractivity contribution in [2.75, 3.05) is 13.7 Å². The molecule has 2 nitrogen and oxygen atoms in total. The van der Waals surface area contributed by atoms with Gasteiger partial charge in [0.2, 0.25) is 0 Å². The molecule has 2 N–H and O–H groups in total. The van der Waals surface area contributed by atoms with Gasteiger partial charge in [-0.05, 0) is 30.5 Å². The van der Waals surface area contributed by atoms with Crippen LogP contribution in [0.1, 0.15) is 23.7 Å². The Kier molecular flexibility index (Phi) is 4.96. The first-order chi connectivity index (χ1) is 7.99. The van der Waals surface area contributed by atoms with Crippen LogP contribution in [0.25, 0.3) is 0 Å². The molecular formula is C12H16F3NO. The van der Waals surface area contributed by atoms with E-state index in [4.69, 9.17) is 5.73 Å². The number of hydrogen-bond donors (Lipinski definition) is 1. The number of rotatable bonds is 5. The number of alkyl halides is 3. The van der Waals surface area contributed by atoms with Crippen molar-refractivity contribution in [2.45, 2.75) is 25.1 Å². The summed E-state index contributed by atoms with van der Waals surface area (Å²) in [6.07, 6.45) is -4.81. The molecule has 1 aromatic carbocycles. The highest BCUT2D eigenvalue weighted by Crippen LogP contribution is 2.35. The summed E-state index contributed by atoms with van der Waals surface area (Å²) >= 11 is 0. The summed E-state index contributed by atoms with van der Waals surface area (Å²) in [4.78, 5) is 0. The fraction of sp³-hybridized carbons (Fsp3) is 0.500. The average molecular weight is 247 g/mol. The minimum absolute atomic E-state index is 0.134. The highest BCUT2D eigenvalue weighted by Gasteiger charge is 2.41. The van der Waals surface area contributed by atoms with Crippen LogP contribution in [0.4, 0.5) is 13.2 Å². The SMILES string of the molecule is COC(c1cccc(CCCN)c1)C(F)(F)F. The van der Waals surface area contributed by atoms with Gasteiger partial charge in [0.15, 0.2) is 6.10 Å². The van der Waals surface area contributed by atoms with Crippen LogP contribution in [0.2, 0.25) is 0 Å². The zero-order valence-corrected chi connectivity index (χ0v) is 9.63. The first kappa shape index (κ1) is 14.0. The average Bonchev–Trinajstić information content (AvgIpc) is 2.26. The third-order valence-electron chi connectivity index (χ3n) is 2.46. The van der Waals surface area contributed by atoms with Gasteiger partial charge < -0.3 is 10.5 Å². The number of methoxy groups -OCH3 is 1. The van der Waals surface area contributed by atoms with E-state index in [9.17, 15) is 13.2 Å². The maximum absolute atomic E-state index is 12.6. The molecule has 0 aliphatic carbocycles. The molecule has 1 atom stereocenters. The van der Waals surface area contributed by atoms with Gasteiger partial charge in [-0.25, -0.2) is 0 Å². The fourth-order valence-corrected chi connectivity index (χ4v) is 1.68. The second kappa shape index (κ2) is 6.02. The van der Waals surface area contributed by atoms with E-state index in [1.165, 1.54) is 12.1 Å². The van der Waals surface area contributed by atoms with E-state index < -0.39 is 12.3 Å². The lowest BCUT2D eigenvalue weighted by molar-refractivity contribution is -0.215. The molecule has 1 aromatic rings. The summed E-state index contributed by atoms with van der Waals surface area (Å²) in [5.41, 5.74) is 6.35. The highest BCUT2D eigenvalue weighted by atomic mass is 19.4. The Balaban J connectivity index is 2.89. The molecule has 0 fully saturated rings. The molecular weight excluding hydrogens is 231 g/mol. The van der Waals surface area contributed by atoms with E-state index in [0.717, 1.165) is 19.1 Å². The van der Waals surface area contributed by atoms with Crippen molar-refractivity contribution >= 4 is 0 Å². The van der Waals surface area contributed by atoms with Crippen LogP contribution < -0.4 is 5.73 Å². The Morgan fingerprint density at radius 2 is 2.06 bits per heavy atom. The summed E-state index contributed by atoms with van der Waals surface area (Å²) < 4.78 is 42.4. The minimum Gasteiger partial charge on any atom is -0.367 e. The molecule has 1 unspecified atom stereocenters. The molecule has 0 bridgehead atoms. The second-order valence-corrected chi connectivity index (χ2v) is 3.79. The lowest BCUT2D eigenvalue weighted by Crippen LogP contribution is -2.22. The Labute approximate surface area is 98.6 Å². The van der Waals surface area contributed by atoms with Crippen molar-refractivity contribution in [3.63, 3.8) is 0 Å². The summed E-state index contributed by atoms with van der Waals surface area (Å²) in [5, 5.41) is 0. The quantitative estimate of drug-likeness (QED) is 0.868. The lowest BCUT2D eigenvalue weighted by Gasteiger charge is -2.19. The third-order valence-corrected chi connectivity index (χ3v) is 2.46. The predicted octanol–water partition coefficient (Wildman–Crippen LogP) is 2.83. The molecule has 0 saturated heterocycles. The predicted molar refractivity (Wildman–Crippen MR) is 59.6 cm³/mol. The molecule has 0 amide bonds. The summed E-state index contributed by atoms with van der Waals surface area (Å²) in [5.74, 6) is 0. The van der Waals surface area contributed by atoms with Crippen molar-refractivity contribution in [3.05, 3.63) is 35.4 Å². The van der Waals surface area contributed by atoms with E-state index in [1.807, 2.05) is 0 Å². The van der Waals surface area contributed by atoms with Crippen molar-refractivity contribution < 1.29 is 17.9 Å². The van der Waals surface area contributed by atoms with Crippen molar-refractivity contribution in [1.82, 2.24) is 0 Å². The van der Waals surface area contributed by atoms with E-state index >= 15 is 0 Å². The largest absolute Gasteiger partial charge is 0.418 e. The van der Waals surface area contributed by atoms with Gasteiger partial charge in [-0.15, -0.1) is 0 Å². The number of nitrogens with two attached hydrogens (primary N) is 1. The molecule has 1 rings (SSSR count). The molecule has 96 valence electrons. The van der Waals surface area contributed by atoms with E-state index in [1.54, 1.807) is 12.1 Å². The van der Waals surface area contributed by atoms with Crippen molar-refractivity contribution in [1.29, 1.82) is 0 Å². The molecule has 0 radical (unpaired) electrons. The molecule has 0 heterocycles. The first-order valence-corrected chi connectivity index (χ1v) is 5.37. The molecule has 0 aliphatic heterocycles. The molecule has 0 spiro atoms. The number of hydrogen-bond acceptors (Lipinski definition) is 2. The molecule has 0 saturated carbocycles. The van der Waals surface area contributed by atoms with Crippen molar-refractivity contribution in [2.24, 2.45) is 5.73 Å². The number of aryl methyl sites for hydroxylation is 1. The van der Waals surface area contributed by atoms with E-state index in [2.05, 4.69) is 4.74 Å². The van der Waals surface area contributed by atoms with Crippen LogP contribution >= 0.6 is 0 Å². The minimum atomic E-state index is -4.39. The van der Waals surface area contributed by atoms with Crippen LogP contribution in [0.15, 0.2) is 24.3 Å². The third kappa shape index (κ3) is 4.02. The Morgan fingerprint density at radius 1 is 1.35 bits per heavy atom. The van der Waals surface area contributed by atoms with Crippen LogP contribution in [0, 0.1) is 0 Å². The van der Waals surface area contributed by atoms with Gasteiger partial charge in [0.1, 0.15) is 0 Å². The molecule has 0 aromatic heterocycles. The number of halogens is 3. The van der Waals surface area contributed by atoms with Gasteiger partial charge in [0.05, 0.1) is 0 Å². The van der Waals surface area contributed by atoms with Gasteiger partial charge in [-0.2, -0.15) is 13.2 Å². The first-order valence-electron chi connectivity index (χ1n) is 5.37. The van der Waals surface area contributed by atoms with E-state index in [0.29, 0.717) is 13.0 Å². The summed E-state index contributed by atoms with van der Waals surface area (Å²) in [7, 11) is 1.06. The van der Waals surface area contributed by atoms with Gasteiger partial charge in [0.25, 0.3) is 0 Å². The van der Waals surface area contributed by atoms with Gasteiger partial charge in [-0.1, -0.05) is 24.3 Å². The van der Waals surface area contributed by atoms with Crippen LogP contribution in [0.5, 0.6) is 0 Å². The van der Waals surface area contributed by atoms with Crippen LogP contribution in [0.3, 0.4) is 0 Å². The van der Waals surface area contributed by atoms with E-state index in [-0.39, 0.29) is 5.56 Å². The topological polar surface area (TPSA) is 35.2 Å². The Hall–Kier alpha value is -1.07. The lowest BCUT2D eigenvalue weighted by atomic mass is 10.0. The zero-order valence-electron chi connectivity index (χ0n) is 9.63. The second-order valence-electron chi connectivity index (χ2n) is 3.79. The fourth-order valence-electron chi connectivity index (χ4n) is 1.68. The monoisotopic (exact) mass is 247 g/mol. The summed E-state index contributed by atoms with van der Waals surface area (Å²) in [6, 6.07) is 6.35. The Morgan fingerprint density at radius 3 is 2.59 bits per heavy atom. The standard InChI is InChI=1S/C12H16F3NO/c1-17-11(12(13,14)15)10-6-2-4-9(8-10)5-3-7-16/h2,4,6,8,11H,3,5,7,16H2,1H3. The normalized spacial score (nSPS) is 13.7. The maximum atomic E-state index is 12.6. The molecule has 0 aliphatic rings. The summed E-state index contributed by atoms with van der Waals surface area (Å²) in [6.45, 7) is 0.525. The smallest absolute Gasteiger partial charge is 0.367 e. The molecule has 5 heteroatoms. The highest BCUT2D eigenvalue weighted by molar-refractivity contribution is 5.26.